The number of nitrogens with zero attached hydrogens (tertiary/aromatic N) is 4. The largest absolute Gasteiger partial charge is 0.324 e. The molecule has 0 fully saturated rings. The number of nitrogens with one attached hydrogen (secondary N) is 1. The van der Waals surface area contributed by atoms with Crippen molar-refractivity contribution in [2.24, 2.45) is 5.73 Å². The molecule has 4 rings (SSSR count). The first-order valence-electron chi connectivity index (χ1n) is 11.5. The minimum absolute atomic E-state index is 0.0911. The summed E-state index contributed by atoms with van der Waals surface area (Å²) in [5.74, 6) is 0.717. The van der Waals surface area contributed by atoms with Crippen molar-refractivity contribution in [2.75, 3.05) is 6.54 Å². The van der Waals surface area contributed by atoms with E-state index in [4.69, 9.17) is 10.7 Å². The second kappa shape index (κ2) is 10.2. The highest BCUT2D eigenvalue weighted by Gasteiger charge is 2.29. The Bertz CT molecular complexity index is 1290. The number of fused-ring (bicyclic) bond motifs is 1. The van der Waals surface area contributed by atoms with E-state index >= 15 is 0 Å². The average molecular weight is 523 g/mol. The summed E-state index contributed by atoms with van der Waals surface area (Å²) in [6.45, 7) is 7.95. The summed E-state index contributed by atoms with van der Waals surface area (Å²) < 4.78 is 2.83. The van der Waals surface area contributed by atoms with Crippen molar-refractivity contribution < 1.29 is 0 Å². The van der Waals surface area contributed by atoms with E-state index in [1.165, 1.54) is 5.56 Å². The van der Waals surface area contributed by atoms with Crippen molar-refractivity contribution in [3.05, 3.63) is 92.6 Å². The lowest BCUT2D eigenvalue weighted by atomic mass is 10.0. The molecule has 0 saturated heterocycles. The van der Waals surface area contributed by atoms with Gasteiger partial charge in [-0.25, -0.2) is 4.98 Å². The van der Waals surface area contributed by atoms with Gasteiger partial charge in [-0.15, -0.1) is 0 Å². The van der Waals surface area contributed by atoms with Crippen LogP contribution in [0.5, 0.6) is 0 Å². The van der Waals surface area contributed by atoms with Crippen LogP contribution in [0.25, 0.3) is 11.0 Å². The molecule has 3 N–H and O–H groups in total. The maximum atomic E-state index is 13.6. The number of halogens is 1. The lowest BCUT2D eigenvalue weighted by molar-refractivity contribution is 0.141. The summed E-state index contributed by atoms with van der Waals surface area (Å²) in [6, 6.07) is 18.2. The van der Waals surface area contributed by atoms with Gasteiger partial charge >= 0.3 is 0 Å². The Morgan fingerprint density at radius 2 is 1.82 bits per heavy atom. The van der Waals surface area contributed by atoms with E-state index in [1.807, 2.05) is 56.3 Å². The van der Waals surface area contributed by atoms with Crippen LogP contribution in [-0.2, 0) is 13.1 Å². The van der Waals surface area contributed by atoms with Gasteiger partial charge < -0.3 is 5.73 Å². The fourth-order valence-corrected chi connectivity index (χ4v) is 4.61. The zero-order valence-corrected chi connectivity index (χ0v) is 21.4. The number of hydrogen-bond donors (Lipinski definition) is 2. The molecule has 8 heteroatoms. The number of benzene rings is 2. The van der Waals surface area contributed by atoms with E-state index in [-0.39, 0.29) is 11.6 Å². The molecule has 0 aliphatic carbocycles. The van der Waals surface area contributed by atoms with E-state index < -0.39 is 5.54 Å². The van der Waals surface area contributed by atoms with Gasteiger partial charge in [0.1, 0.15) is 11.2 Å². The SMILES string of the molecule is CCC(c1nc2[nH]ncc2c(=O)n1Cc1ccccc1)N(Cc1ccc(Br)cc1)CC(C)(C)N. The lowest BCUT2D eigenvalue weighted by Gasteiger charge is -2.36. The third-order valence-electron chi connectivity index (χ3n) is 5.82. The Balaban J connectivity index is 1.82. The first-order chi connectivity index (χ1) is 16.2. The summed E-state index contributed by atoms with van der Waals surface area (Å²) in [5, 5.41) is 7.46. The normalized spacial score (nSPS) is 13.0. The topological polar surface area (TPSA) is 92.8 Å². The number of aromatic amines is 1. The number of aromatic nitrogens is 4. The van der Waals surface area contributed by atoms with Gasteiger partial charge in [0.15, 0.2) is 5.65 Å². The molecule has 2 aromatic carbocycles. The van der Waals surface area contributed by atoms with Crippen molar-refractivity contribution in [1.29, 1.82) is 0 Å². The molecule has 1 atom stereocenters. The summed E-state index contributed by atoms with van der Waals surface area (Å²) in [7, 11) is 0. The van der Waals surface area contributed by atoms with Crippen molar-refractivity contribution >= 4 is 27.0 Å². The van der Waals surface area contributed by atoms with Crippen LogP contribution in [0.2, 0.25) is 0 Å². The predicted octanol–water partition coefficient (Wildman–Crippen LogP) is 4.62. The third-order valence-corrected chi connectivity index (χ3v) is 6.34. The van der Waals surface area contributed by atoms with Gasteiger partial charge in [-0.3, -0.25) is 19.4 Å². The Morgan fingerprint density at radius 3 is 2.47 bits per heavy atom. The Labute approximate surface area is 208 Å². The average Bonchev–Trinajstić information content (AvgIpc) is 3.27. The van der Waals surface area contributed by atoms with Gasteiger partial charge in [0.25, 0.3) is 5.56 Å². The highest BCUT2D eigenvalue weighted by molar-refractivity contribution is 9.10. The van der Waals surface area contributed by atoms with E-state index in [0.717, 1.165) is 22.3 Å². The van der Waals surface area contributed by atoms with Crippen molar-refractivity contribution in [2.45, 2.75) is 51.9 Å². The molecule has 0 spiro atoms. The Morgan fingerprint density at radius 1 is 1.12 bits per heavy atom. The lowest BCUT2D eigenvalue weighted by Crippen LogP contribution is -2.47. The number of nitrogens with two attached hydrogens (primary N) is 1. The van der Waals surface area contributed by atoms with Gasteiger partial charge in [-0.1, -0.05) is 65.3 Å². The van der Waals surface area contributed by atoms with Crippen LogP contribution in [-0.4, -0.2) is 36.7 Å². The molecule has 0 radical (unpaired) electrons. The monoisotopic (exact) mass is 522 g/mol. The number of rotatable bonds is 9. The van der Waals surface area contributed by atoms with Crippen LogP contribution in [0.15, 0.2) is 70.1 Å². The second-order valence-electron chi connectivity index (χ2n) is 9.42. The van der Waals surface area contributed by atoms with Gasteiger partial charge in [-0.05, 0) is 43.5 Å². The molecule has 0 amide bonds. The smallest absolute Gasteiger partial charge is 0.265 e. The van der Waals surface area contributed by atoms with Crippen LogP contribution in [0.3, 0.4) is 0 Å². The van der Waals surface area contributed by atoms with E-state index in [2.05, 4.69) is 50.1 Å². The quantitative estimate of drug-likeness (QED) is 0.334. The maximum Gasteiger partial charge on any atom is 0.265 e. The zero-order valence-electron chi connectivity index (χ0n) is 19.8. The van der Waals surface area contributed by atoms with Crippen LogP contribution in [0.1, 0.15) is 50.2 Å². The second-order valence-corrected chi connectivity index (χ2v) is 10.3. The Kier molecular flexibility index (Phi) is 7.30. The molecule has 34 heavy (non-hydrogen) atoms. The van der Waals surface area contributed by atoms with Gasteiger partial charge in [-0.2, -0.15) is 5.10 Å². The maximum absolute atomic E-state index is 13.6. The summed E-state index contributed by atoms with van der Waals surface area (Å²) >= 11 is 3.52. The zero-order chi connectivity index (χ0) is 24.3. The molecule has 178 valence electrons. The van der Waals surface area contributed by atoms with Gasteiger partial charge in [0.05, 0.1) is 18.8 Å². The standard InChI is InChI=1S/C26H31BrN6O/c1-4-22(32(17-26(2,3)28)15-19-10-12-20(27)13-11-19)24-30-23-21(14-29-31-23)25(34)33(24)16-18-8-6-5-7-9-18/h5-14,22H,4,15-17,28H2,1-3H3,(H,29,31). The molecule has 7 nitrogen and oxygen atoms in total. The molecular formula is C26H31BrN6O. The van der Waals surface area contributed by atoms with Crippen LogP contribution < -0.4 is 11.3 Å². The van der Waals surface area contributed by atoms with Crippen molar-refractivity contribution in [3.63, 3.8) is 0 Å². The molecule has 2 heterocycles. The summed E-state index contributed by atoms with van der Waals surface area (Å²) in [4.78, 5) is 20.8. The first-order valence-corrected chi connectivity index (χ1v) is 12.3. The predicted molar refractivity (Wildman–Crippen MR) is 140 cm³/mol. The number of H-pyrrole nitrogens is 1. The highest BCUT2D eigenvalue weighted by atomic mass is 79.9. The van der Waals surface area contributed by atoms with E-state index in [1.54, 1.807) is 10.8 Å². The highest BCUT2D eigenvalue weighted by Crippen LogP contribution is 2.27. The first kappa shape index (κ1) is 24.3. The fraction of sp³-hybridized carbons (Fsp3) is 0.346. The molecular weight excluding hydrogens is 492 g/mol. The number of hydrogen-bond acceptors (Lipinski definition) is 5. The van der Waals surface area contributed by atoms with Crippen LogP contribution >= 0.6 is 15.9 Å². The Hall–Kier alpha value is -2.81. The van der Waals surface area contributed by atoms with Crippen molar-refractivity contribution in [1.82, 2.24) is 24.6 Å². The van der Waals surface area contributed by atoms with E-state index in [9.17, 15) is 4.79 Å². The van der Waals surface area contributed by atoms with Gasteiger partial charge in [0, 0.05) is 23.1 Å². The molecule has 2 aromatic heterocycles. The minimum atomic E-state index is -0.425. The molecule has 1 unspecified atom stereocenters. The van der Waals surface area contributed by atoms with Crippen LogP contribution in [0, 0.1) is 0 Å². The molecule has 0 aliphatic rings. The van der Waals surface area contributed by atoms with E-state index in [0.29, 0.717) is 30.7 Å². The third kappa shape index (κ3) is 5.63. The fourth-order valence-electron chi connectivity index (χ4n) is 4.35. The summed E-state index contributed by atoms with van der Waals surface area (Å²) in [5.41, 5.74) is 8.71. The molecule has 0 aliphatic heterocycles. The van der Waals surface area contributed by atoms with Crippen molar-refractivity contribution in [3.8, 4) is 0 Å². The van der Waals surface area contributed by atoms with Gasteiger partial charge in [0.2, 0.25) is 0 Å². The molecule has 4 aromatic rings. The minimum Gasteiger partial charge on any atom is -0.324 e. The molecule has 0 bridgehead atoms. The summed E-state index contributed by atoms with van der Waals surface area (Å²) in [6.07, 6.45) is 2.33. The van der Waals surface area contributed by atoms with Crippen LogP contribution in [0.4, 0.5) is 0 Å². The molecule has 0 saturated carbocycles.